The molecule has 0 spiro atoms. The Kier molecular flexibility index (Phi) is 6.09. The minimum absolute atomic E-state index is 0.197. The molecule has 1 unspecified atom stereocenters. The molecular formula is C14H28N2O2. The van der Waals surface area contributed by atoms with Crippen LogP contribution in [0.5, 0.6) is 0 Å². The normalized spacial score (nSPS) is 20.6. The van der Waals surface area contributed by atoms with E-state index in [9.17, 15) is 9.90 Å². The van der Waals surface area contributed by atoms with E-state index in [-0.39, 0.29) is 11.8 Å². The average molecular weight is 256 g/mol. The number of carbonyl (C=O) groups is 1. The third kappa shape index (κ3) is 4.94. The number of rotatable bonds is 6. The Labute approximate surface area is 111 Å². The Hall–Kier alpha value is -0.610. The Bertz CT molecular complexity index is 261. The summed E-state index contributed by atoms with van der Waals surface area (Å²) in [5.74, 6) is 0.0109. The van der Waals surface area contributed by atoms with E-state index in [1.807, 2.05) is 13.8 Å². The molecule has 0 aliphatic carbocycles. The smallest absolute Gasteiger partial charge is 0.308 e. The van der Waals surface area contributed by atoms with Crippen molar-refractivity contribution in [3.63, 3.8) is 0 Å². The van der Waals surface area contributed by atoms with Crippen molar-refractivity contribution < 1.29 is 9.90 Å². The van der Waals surface area contributed by atoms with Gasteiger partial charge >= 0.3 is 5.97 Å². The molecule has 0 aromatic carbocycles. The topological polar surface area (TPSA) is 43.8 Å². The Balaban J connectivity index is 2.36. The Morgan fingerprint density at radius 1 is 1.39 bits per heavy atom. The van der Waals surface area contributed by atoms with Gasteiger partial charge in [-0.25, -0.2) is 0 Å². The zero-order valence-corrected chi connectivity index (χ0v) is 12.2. The number of hydrogen-bond acceptors (Lipinski definition) is 3. The average Bonchev–Trinajstić information content (AvgIpc) is 2.28. The second kappa shape index (κ2) is 7.10. The van der Waals surface area contributed by atoms with Gasteiger partial charge in [0.25, 0.3) is 0 Å². The molecule has 18 heavy (non-hydrogen) atoms. The van der Waals surface area contributed by atoms with Crippen LogP contribution in [0.25, 0.3) is 0 Å². The predicted octanol–water partition coefficient (Wildman–Crippen LogP) is 1.62. The summed E-state index contributed by atoms with van der Waals surface area (Å²) in [6, 6.07) is 0. The zero-order chi connectivity index (χ0) is 13.7. The number of piperidine rings is 1. The highest BCUT2D eigenvalue weighted by molar-refractivity contribution is 5.70. The molecule has 1 saturated heterocycles. The van der Waals surface area contributed by atoms with Crippen LogP contribution in [-0.4, -0.2) is 61.2 Å². The summed E-state index contributed by atoms with van der Waals surface area (Å²) in [7, 11) is 4.22. The molecule has 4 heteroatoms. The van der Waals surface area contributed by atoms with Crippen molar-refractivity contribution in [3.8, 4) is 0 Å². The summed E-state index contributed by atoms with van der Waals surface area (Å²) < 4.78 is 0. The molecule has 106 valence electrons. The molecule has 1 aliphatic heterocycles. The SMILES string of the molecule is CC(C)C(CN(C)CC1CCN(C)CC1)C(=O)O. The Morgan fingerprint density at radius 3 is 2.39 bits per heavy atom. The first-order chi connectivity index (χ1) is 8.40. The summed E-state index contributed by atoms with van der Waals surface area (Å²) in [5, 5.41) is 9.20. The number of aliphatic carboxylic acids is 1. The molecule has 1 heterocycles. The molecule has 4 nitrogen and oxygen atoms in total. The first kappa shape index (κ1) is 15.4. The van der Waals surface area contributed by atoms with Gasteiger partial charge in [-0.15, -0.1) is 0 Å². The summed E-state index contributed by atoms with van der Waals surface area (Å²) in [6.07, 6.45) is 2.47. The van der Waals surface area contributed by atoms with E-state index >= 15 is 0 Å². The lowest BCUT2D eigenvalue weighted by Gasteiger charge is -2.32. The van der Waals surface area contributed by atoms with Crippen molar-refractivity contribution in [1.29, 1.82) is 0 Å². The first-order valence-corrected chi connectivity index (χ1v) is 7.00. The van der Waals surface area contributed by atoms with Crippen LogP contribution in [0.15, 0.2) is 0 Å². The molecule has 1 rings (SSSR count). The summed E-state index contributed by atoms with van der Waals surface area (Å²) in [4.78, 5) is 15.7. The predicted molar refractivity (Wildman–Crippen MR) is 73.7 cm³/mol. The van der Waals surface area contributed by atoms with Crippen LogP contribution in [0, 0.1) is 17.8 Å². The molecular weight excluding hydrogens is 228 g/mol. The molecule has 0 bridgehead atoms. The van der Waals surface area contributed by atoms with Crippen molar-refractivity contribution in [2.75, 3.05) is 40.3 Å². The lowest BCUT2D eigenvalue weighted by atomic mass is 9.93. The maximum absolute atomic E-state index is 11.2. The van der Waals surface area contributed by atoms with E-state index in [2.05, 4.69) is 23.9 Å². The monoisotopic (exact) mass is 256 g/mol. The van der Waals surface area contributed by atoms with Gasteiger partial charge in [-0.05, 0) is 51.9 Å². The van der Waals surface area contributed by atoms with Gasteiger partial charge in [0.05, 0.1) is 5.92 Å². The fourth-order valence-corrected chi connectivity index (χ4v) is 2.67. The number of hydrogen-bond donors (Lipinski definition) is 1. The highest BCUT2D eigenvalue weighted by Crippen LogP contribution is 2.18. The highest BCUT2D eigenvalue weighted by atomic mass is 16.4. The first-order valence-electron chi connectivity index (χ1n) is 7.00. The molecule has 1 N–H and O–H groups in total. The molecule has 0 saturated carbocycles. The lowest BCUT2D eigenvalue weighted by molar-refractivity contribution is -0.144. The minimum atomic E-state index is -0.666. The van der Waals surface area contributed by atoms with E-state index in [0.717, 1.165) is 12.5 Å². The highest BCUT2D eigenvalue weighted by Gasteiger charge is 2.25. The van der Waals surface area contributed by atoms with Crippen LogP contribution >= 0.6 is 0 Å². The summed E-state index contributed by atoms with van der Waals surface area (Å²) >= 11 is 0. The second-order valence-electron chi connectivity index (χ2n) is 6.16. The van der Waals surface area contributed by atoms with Gasteiger partial charge in [-0.1, -0.05) is 13.8 Å². The Morgan fingerprint density at radius 2 is 1.94 bits per heavy atom. The van der Waals surface area contributed by atoms with Crippen LogP contribution in [0.3, 0.4) is 0 Å². The largest absolute Gasteiger partial charge is 0.481 e. The van der Waals surface area contributed by atoms with Gasteiger partial charge in [-0.2, -0.15) is 0 Å². The minimum Gasteiger partial charge on any atom is -0.481 e. The van der Waals surface area contributed by atoms with Gasteiger partial charge in [0.15, 0.2) is 0 Å². The van der Waals surface area contributed by atoms with Gasteiger partial charge in [0.1, 0.15) is 0 Å². The van der Waals surface area contributed by atoms with Crippen LogP contribution in [0.2, 0.25) is 0 Å². The van der Waals surface area contributed by atoms with E-state index in [1.54, 1.807) is 0 Å². The quantitative estimate of drug-likeness (QED) is 0.784. The van der Waals surface area contributed by atoms with Gasteiger partial charge in [0, 0.05) is 13.1 Å². The fraction of sp³-hybridized carbons (Fsp3) is 0.929. The van der Waals surface area contributed by atoms with Crippen molar-refractivity contribution in [3.05, 3.63) is 0 Å². The summed E-state index contributed by atoms with van der Waals surface area (Å²) in [6.45, 7) is 8.02. The van der Waals surface area contributed by atoms with Crippen molar-refractivity contribution >= 4 is 5.97 Å². The molecule has 0 radical (unpaired) electrons. The van der Waals surface area contributed by atoms with E-state index < -0.39 is 5.97 Å². The number of carboxylic acid groups (broad SMARTS) is 1. The standard InChI is InChI=1S/C14H28N2O2/c1-11(2)13(14(17)18)10-16(4)9-12-5-7-15(3)8-6-12/h11-13H,5-10H2,1-4H3,(H,17,18). The van der Waals surface area contributed by atoms with E-state index in [0.29, 0.717) is 6.54 Å². The molecule has 0 aromatic heterocycles. The van der Waals surface area contributed by atoms with Crippen LogP contribution in [-0.2, 0) is 4.79 Å². The fourth-order valence-electron chi connectivity index (χ4n) is 2.67. The van der Waals surface area contributed by atoms with Crippen molar-refractivity contribution in [2.45, 2.75) is 26.7 Å². The molecule has 1 fully saturated rings. The van der Waals surface area contributed by atoms with Crippen molar-refractivity contribution in [2.24, 2.45) is 17.8 Å². The van der Waals surface area contributed by atoms with Crippen LogP contribution in [0.1, 0.15) is 26.7 Å². The van der Waals surface area contributed by atoms with Crippen LogP contribution in [0.4, 0.5) is 0 Å². The maximum atomic E-state index is 11.2. The second-order valence-corrected chi connectivity index (χ2v) is 6.16. The molecule has 1 aliphatic rings. The van der Waals surface area contributed by atoms with Gasteiger partial charge in [-0.3, -0.25) is 4.79 Å². The number of nitrogens with zero attached hydrogens (tertiary/aromatic N) is 2. The summed E-state index contributed by atoms with van der Waals surface area (Å²) in [5.41, 5.74) is 0. The molecule has 1 atom stereocenters. The third-order valence-electron chi connectivity index (χ3n) is 4.04. The zero-order valence-electron chi connectivity index (χ0n) is 12.2. The van der Waals surface area contributed by atoms with Gasteiger partial charge in [0.2, 0.25) is 0 Å². The van der Waals surface area contributed by atoms with E-state index in [4.69, 9.17) is 0 Å². The lowest BCUT2D eigenvalue weighted by Crippen LogP contribution is -2.39. The van der Waals surface area contributed by atoms with Crippen LogP contribution < -0.4 is 0 Å². The molecule has 0 amide bonds. The third-order valence-corrected chi connectivity index (χ3v) is 4.04. The number of likely N-dealkylation sites (tertiary alicyclic amines) is 1. The molecule has 0 aromatic rings. The van der Waals surface area contributed by atoms with Crippen molar-refractivity contribution in [1.82, 2.24) is 9.80 Å². The van der Waals surface area contributed by atoms with E-state index in [1.165, 1.54) is 25.9 Å². The van der Waals surface area contributed by atoms with Gasteiger partial charge < -0.3 is 14.9 Å². The number of carboxylic acids is 1. The maximum Gasteiger partial charge on any atom is 0.308 e.